The fourth-order valence-corrected chi connectivity index (χ4v) is 3.00. The smallest absolute Gasteiger partial charge is 0.0419 e. The second kappa shape index (κ2) is 2.60. The number of hydrogen-bond donors (Lipinski definition) is 0. The van der Waals surface area contributed by atoms with Gasteiger partial charge in [0.1, 0.15) is 0 Å². The third-order valence-corrected chi connectivity index (χ3v) is 4.31. The summed E-state index contributed by atoms with van der Waals surface area (Å²) in [6.07, 6.45) is 2.33. The Labute approximate surface area is 68.3 Å². The zero-order valence-corrected chi connectivity index (χ0v) is 7.99. The first kappa shape index (κ1) is 6.93. The Kier molecular flexibility index (Phi) is 2.26. The third-order valence-electron chi connectivity index (χ3n) is 1.21. The second-order valence-corrected chi connectivity index (χ2v) is 5.11. The van der Waals surface area contributed by atoms with Crippen molar-refractivity contribution >= 4 is 34.4 Å². The highest BCUT2D eigenvalue weighted by Gasteiger charge is 2.18. The summed E-state index contributed by atoms with van der Waals surface area (Å²) in [5, 5.41) is 0.801. The lowest BCUT2D eigenvalue weighted by Crippen LogP contribution is -2.02. The van der Waals surface area contributed by atoms with E-state index in [0.29, 0.717) is 0 Å². The van der Waals surface area contributed by atoms with Crippen molar-refractivity contribution in [1.82, 2.24) is 0 Å². The highest BCUT2D eigenvalue weighted by atomic mass is 127. The van der Waals surface area contributed by atoms with E-state index in [-0.39, 0.29) is 0 Å². The molecule has 1 aliphatic rings. The molecule has 8 heavy (non-hydrogen) atoms. The molecule has 1 rings (SSSR count). The van der Waals surface area contributed by atoms with Crippen molar-refractivity contribution in [2.24, 2.45) is 0 Å². The zero-order valence-electron chi connectivity index (χ0n) is 5.02. The molecule has 2 unspecified atom stereocenters. The molecular formula is C6H9IS. The Morgan fingerprint density at radius 2 is 2.38 bits per heavy atom. The minimum absolute atomic E-state index is 0.762. The quantitative estimate of drug-likeness (QED) is 0.463. The number of rotatable bonds is 0. The first-order valence-corrected chi connectivity index (χ1v) is 4.82. The van der Waals surface area contributed by atoms with Gasteiger partial charge in [-0.05, 0) is 11.8 Å². The molecule has 0 aromatic rings. The van der Waals surface area contributed by atoms with Crippen molar-refractivity contribution in [2.45, 2.75) is 23.0 Å². The maximum atomic E-state index is 2.48. The van der Waals surface area contributed by atoms with E-state index < -0.39 is 0 Å². The fourth-order valence-electron chi connectivity index (χ4n) is 0.757. The van der Waals surface area contributed by atoms with Crippen molar-refractivity contribution in [3.63, 3.8) is 0 Å². The van der Waals surface area contributed by atoms with Crippen LogP contribution in [0.4, 0.5) is 0 Å². The molecule has 0 nitrogen and oxygen atoms in total. The van der Waals surface area contributed by atoms with Gasteiger partial charge in [0.05, 0.1) is 0 Å². The van der Waals surface area contributed by atoms with Crippen LogP contribution in [0, 0.1) is 0 Å². The molecule has 46 valence electrons. The van der Waals surface area contributed by atoms with E-state index in [1.54, 1.807) is 0 Å². The van der Waals surface area contributed by atoms with Gasteiger partial charge >= 0.3 is 0 Å². The number of allylic oxidation sites excluding steroid dienone is 2. The molecule has 0 fully saturated rings. The van der Waals surface area contributed by atoms with Crippen LogP contribution < -0.4 is 0 Å². The molecule has 1 heterocycles. The van der Waals surface area contributed by atoms with Crippen molar-refractivity contribution in [3.05, 3.63) is 11.0 Å². The topological polar surface area (TPSA) is 0 Å². The van der Waals surface area contributed by atoms with Crippen molar-refractivity contribution in [3.8, 4) is 0 Å². The monoisotopic (exact) mass is 240 g/mol. The molecule has 1 aliphatic heterocycles. The predicted octanol–water partition coefficient (Wildman–Crippen LogP) is 2.83. The number of thioether (sulfide) groups is 1. The van der Waals surface area contributed by atoms with Gasteiger partial charge in [0.2, 0.25) is 0 Å². The molecule has 2 heteroatoms. The van der Waals surface area contributed by atoms with Crippen molar-refractivity contribution in [1.29, 1.82) is 0 Å². The summed E-state index contributed by atoms with van der Waals surface area (Å²) in [7, 11) is 0. The number of halogens is 1. The summed E-state index contributed by atoms with van der Waals surface area (Å²) in [5.41, 5.74) is 0. The fraction of sp³-hybridized carbons (Fsp3) is 0.667. The van der Waals surface area contributed by atoms with Gasteiger partial charge in [0.15, 0.2) is 0 Å². The molecule has 0 saturated carbocycles. The van der Waals surface area contributed by atoms with Gasteiger partial charge < -0.3 is 0 Å². The van der Waals surface area contributed by atoms with E-state index >= 15 is 0 Å². The van der Waals surface area contributed by atoms with Crippen LogP contribution in [0.15, 0.2) is 11.0 Å². The summed E-state index contributed by atoms with van der Waals surface area (Å²) >= 11 is 4.46. The average molecular weight is 240 g/mol. The van der Waals surface area contributed by atoms with E-state index in [1.807, 2.05) is 11.8 Å². The molecule has 0 aromatic carbocycles. The van der Waals surface area contributed by atoms with Gasteiger partial charge in [-0.1, -0.05) is 35.6 Å². The molecular weight excluding hydrogens is 231 g/mol. The molecule has 0 amide bonds. The standard InChI is InChI=1S/C6H9IS/c1-4-3-6(7)5(2)8-4/h3,5-6H,1-2H3. The van der Waals surface area contributed by atoms with Crippen LogP contribution in [0.2, 0.25) is 0 Å². The molecule has 0 bridgehead atoms. The predicted molar refractivity (Wildman–Crippen MR) is 48.6 cm³/mol. The van der Waals surface area contributed by atoms with Crippen molar-refractivity contribution in [2.75, 3.05) is 0 Å². The van der Waals surface area contributed by atoms with Gasteiger partial charge in [-0.2, -0.15) is 0 Å². The van der Waals surface area contributed by atoms with Crippen LogP contribution in [-0.4, -0.2) is 9.17 Å². The first-order valence-electron chi connectivity index (χ1n) is 2.69. The summed E-state index contributed by atoms with van der Waals surface area (Å²) in [6, 6.07) is 0. The van der Waals surface area contributed by atoms with Crippen LogP contribution >= 0.6 is 34.4 Å². The minimum atomic E-state index is 0.762. The maximum absolute atomic E-state index is 2.48. The highest BCUT2D eigenvalue weighted by Crippen LogP contribution is 2.35. The van der Waals surface area contributed by atoms with Crippen LogP contribution in [0.3, 0.4) is 0 Å². The first-order chi connectivity index (χ1) is 3.70. The Balaban J connectivity index is 2.56. The lowest BCUT2D eigenvalue weighted by atomic mass is 10.3. The van der Waals surface area contributed by atoms with Crippen LogP contribution in [-0.2, 0) is 0 Å². The van der Waals surface area contributed by atoms with Crippen molar-refractivity contribution < 1.29 is 0 Å². The molecule has 0 spiro atoms. The highest BCUT2D eigenvalue weighted by molar-refractivity contribution is 14.1. The number of alkyl halides is 1. The van der Waals surface area contributed by atoms with Gasteiger partial charge in [-0.3, -0.25) is 0 Å². The van der Waals surface area contributed by atoms with Crippen LogP contribution in [0.25, 0.3) is 0 Å². The van der Waals surface area contributed by atoms with E-state index in [4.69, 9.17) is 0 Å². The van der Waals surface area contributed by atoms with Gasteiger partial charge in [-0.25, -0.2) is 0 Å². The Morgan fingerprint density at radius 1 is 1.75 bits per heavy atom. The second-order valence-electron chi connectivity index (χ2n) is 2.04. The molecule has 0 N–H and O–H groups in total. The lowest BCUT2D eigenvalue weighted by molar-refractivity contribution is 1.05. The SMILES string of the molecule is CC1=CC(I)C(C)S1. The number of hydrogen-bond acceptors (Lipinski definition) is 1. The molecule has 0 saturated heterocycles. The summed E-state index contributed by atoms with van der Waals surface area (Å²) in [4.78, 5) is 1.48. The Morgan fingerprint density at radius 3 is 2.50 bits per heavy atom. The maximum Gasteiger partial charge on any atom is 0.0419 e. The zero-order chi connectivity index (χ0) is 6.15. The Bertz CT molecular complexity index is 120. The summed E-state index contributed by atoms with van der Waals surface area (Å²) in [5.74, 6) is 0. The van der Waals surface area contributed by atoms with E-state index in [0.717, 1.165) is 9.17 Å². The van der Waals surface area contributed by atoms with Crippen LogP contribution in [0.5, 0.6) is 0 Å². The van der Waals surface area contributed by atoms with Gasteiger partial charge in [0.25, 0.3) is 0 Å². The van der Waals surface area contributed by atoms with Gasteiger partial charge in [-0.15, -0.1) is 11.8 Å². The third kappa shape index (κ3) is 1.41. The van der Waals surface area contributed by atoms with Crippen LogP contribution in [0.1, 0.15) is 13.8 Å². The summed E-state index contributed by atoms with van der Waals surface area (Å²) in [6.45, 7) is 4.45. The molecule has 0 radical (unpaired) electrons. The molecule has 2 atom stereocenters. The Hall–Kier alpha value is 0.820. The summed E-state index contributed by atoms with van der Waals surface area (Å²) < 4.78 is 0.762. The largest absolute Gasteiger partial charge is 0.127 e. The van der Waals surface area contributed by atoms with E-state index in [2.05, 4.69) is 42.5 Å². The minimum Gasteiger partial charge on any atom is -0.127 e. The van der Waals surface area contributed by atoms with E-state index in [1.165, 1.54) is 4.91 Å². The molecule has 0 aromatic heterocycles. The van der Waals surface area contributed by atoms with Gasteiger partial charge in [0, 0.05) is 9.17 Å². The van der Waals surface area contributed by atoms with E-state index in [9.17, 15) is 0 Å². The normalized spacial score (nSPS) is 37.6. The molecule has 0 aliphatic carbocycles. The average Bonchev–Trinajstić information content (AvgIpc) is 1.85. The lowest BCUT2D eigenvalue weighted by Gasteiger charge is -2.02.